The Labute approximate surface area is 182 Å². The van der Waals surface area contributed by atoms with Crippen molar-refractivity contribution < 1.29 is 14.0 Å². The summed E-state index contributed by atoms with van der Waals surface area (Å²) in [4.78, 5) is 27.5. The first-order valence-corrected chi connectivity index (χ1v) is 10.7. The molecule has 2 amide bonds. The van der Waals surface area contributed by atoms with Crippen LogP contribution < -0.4 is 15.5 Å². The summed E-state index contributed by atoms with van der Waals surface area (Å²) in [5.41, 5.74) is 3.53. The van der Waals surface area contributed by atoms with Crippen molar-refractivity contribution in [3.63, 3.8) is 0 Å². The lowest BCUT2D eigenvalue weighted by Gasteiger charge is -2.19. The zero-order chi connectivity index (χ0) is 21.6. The second-order valence-corrected chi connectivity index (χ2v) is 7.90. The normalized spacial score (nSPS) is 14.3. The van der Waals surface area contributed by atoms with Gasteiger partial charge in [0.1, 0.15) is 0 Å². The van der Waals surface area contributed by atoms with Crippen LogP contribution in [0.2, 0.25) is 0 Å². The number of carbonyl (C=O) groups excluding carboxylic acids is 2. The van der Waals surface area contributed by atoms with E-state index in [4.69, 9.17) is 4.42 Å². The van der Waals surface area contributed by atoms with E-state index in [1.807, 2.05) is 55.5 Å². The van der Waals surface area contributed by atoms with Gasteiger partial charge in [-0.25, -0.2) is 0 Å². The quantitative estimate of drug-likeness (QED) is 0.585. The molecule has 1 saturated heterocycles. The third-order valence-corrected chi connectivity index (χ3v) is 5.43. The SMILES string of the molecule is CC(CC(=O)Nc1cccc(N2CCCC2)c1)NC(=O)c1occc1-c1ccccc1. The molecule has 0 spiro atoms. The molecule has 2 N–H and O–H groups in total. The summed E-state index contributed by atoms with van der Waals surface area (Å²) in [5, 5.41) is 5.81. The minimum absolute atomic E-state index is 0.144. The third kappa shape index (κ3) is 5.15. The average molecular weight is 418 g/mol. The van der Waals surface area contributed by atoms with E-state index in [2.05, 4.69) is 21.6 Å². The topological polar surface area (TPSA) is 74.6 Å². The standard InChI is InChI=1S/C25H27N3O3/c1-18(26-25(30)24-22(12-15-31-24)19-8-3-2-4-9-19)16-23(29)27-20-10-7-11-21(17-20)28-13-5-6-14-28/h2-4,7-12,15,17-18H,5-6,13-14,16H2,1H3,(H,26,30)(H,27,29). The first-order valence-electron chi connectivity index (χ1n) is 10.7. The lowest BCUT2D eigenvalue weighted by Crippen LogP contribution is -2.35. The molecule has 2 heterocycles. The molecule has 1 aliphatic rings. The molecule has 1 aromatic heterocycles. The molecular formula is C25H27N3O3. The Morgan fingerprint density at radius 3 is 2.58 bits per heavy atom. The Kier molecular flexibility index (Phi) is 6.36. The molecule has 6 nitrogen and oxygen atoms in total. The predicted octanol–water partition coefficient (Wildman–Crippen LogP) is 4.69. The van der Waals surface area contributed by atoms with E-state index in [0.717, 1.165) is 35.6 Å². The van der Waals surface area contributed by atoms with E-state index in [1.165, 1.54) is 19.1 Å². The van der Waals surface area contributed by atoms with Crippen molar-refractivity contribution in [2.24, 2.45) is 0 Å². The average Bonchev–Trinajstić information content (AvgIpc) is 3.47. The van der Waals surface area contributed by atoms with Gasteiger partial charge in [-0.15, -0.1) is 0 Å². The fourth-order valence-corrected chi connectivity index (χ4v) is 3.92. The van der Waals surface area contributed by atoms with Crippen molar-refractivity contribution in [2.75, 3.05) is 23.3 Å². The molecule has 1 atom stereocenters. The van der Waals surface area contributed by atoms with E-state index >= 15 is 0 Å². The Morgan fingerprint density at radius 2 is 1.81 bits per heavy atom. The second-order valence-electron chi connectivity index (χ2n) is 7.90. The number of hydrogen-bond acceptors (Lipinski definition) is 4. The number of carbonyl (C=O) groups is 2. The van der Waals surface area contributed by atoms with Crippen molar-refractivity contribution in [3.8, 4) is 11.1 Å². The van der Waals surface area contributed by atoms with Crippen LogP contribution in [0.3, 0.4) is 0 Å². The molecule has 0 bridgehead atoms. The molecule has 4 rings (SSSR count). The Bertz CT molecular complexity index is 1040. The van der Waals surface area contributed by atoms with Crippen molar-refractivity contribution in [1.29, 1.82) is 0 Å². The van der Waals surface area contributed by atoms with Gasteiger partial charge in [-0.3, -0.25) is 9.59 Å². The number of anilines is 2. The van der Waals surface area contributed by atoms with E-state index in [-0.39, 0.29) is 30.0 Å². The minimum Gasteiger partial charge on any atom is -0.459 e. The van der Waals surface area contributed by atoms with E-state index in [0.29, 0.717) is 0 Å². The minimum atomic E-state index is -0.344. The number of hydrogen-bond donors (Lipinski definition) is 2. The van der Waals surface area contributed by atoms with Crippen LogP contribution in [0.1, 0.15) is 36.7 Å². The maximum atomic E-state index is 12.7. The van der Waals surface area contributed by atoms with Gasteiger partial charge in [-0.2, -0.15) is 0 Å². The van der Waals surface area contributed by atoms with Gasteiger partial charge in [0.05, 0.1) is 6.26 Å². The highest BCUT2D eigenvalue weighted by atomic mass is 16.3. The number of rotatable bonds is 7. The highest BCUT2D eigenvalue weighted by Gasteiger charge is 2.20. The monoisotopic (exact) mass is 417 g/mol. The molecule has 0 aliphatic carbocycles. The number of amides is 2. The Hall–Kier alpha value is -3.54. The van der Waals surface area contributed by atoms with E-state index in [1.54, 1.807) is 6.07 Å². The van der Waals surface area contributed by atoms with Gasteiger partial charge in [0.25, 0.3) is 5.91 Å². The fourth-order valence-electron chi connectivity index (χ4n) is 3.92. The largest absolute Gasteiger partial charge is 0.459 e. The van der Waals surface area contributed by atoms with Crippen LogP contribution in [0.4, 0.5) is 11.4 Å². The molecule has 6 heteroatoms. The lowest BCUT2D eigenvalue weighted by molar-refractivity contribution is -0.116. The van der Waals surface area contributed by atoms with Crippen LogP contribution >= 0.6 is 0 Å². The molecule has 31 heavy (non-hydrogen) atoms. The summed E-state index contributed by atoms with van der Waals surface area (Å²) in [7, 11) is 0. The fraction of sp³-hybridized carbons (Fsp3) is 0.280. The van der Waals surface area contributed by atoms with Crippen LogP contribution in [-0.4, -0.2) is 30.9 Å². The van der Waals surface area contributed by atoms with Crippen LogP contribution in [0.25, 0.3) is 11.1 Å². The summed E-state index contributed by atoms with van der Waals surface area (Å²) in [6.07, 6.45) is 4.08. The van der Waals surface area contributed by atoms with Crippen LogP contribution in [-0.2, 0) is 4.79 Å². The van der Waals surface area contributed by atoms with Gasteiger partial charge >= 0.3 is 0 Å². The highest BCUT2D eigenvalue weighted by molar-refractivity contribution is 5.99. The predicted molar refractivity (Wildman–Crippen MR) is 122 cm³/mol. The second kappa shape index (κ2) is 9.51. The zero-order valence-electron chi connectivity index (χ0n) is 17.6. The molecule has 2 aromatic carbocycles. The van der Waals surface area contributed by atoms with Gasteiger partial charge < -0.3 is 20.0 Å². The van der Waals surface area contributed by atoms with Gasteiger partial charge in [0, 0.05) is 42.5 Å². The van der Waals surface area contributed by atoms with E-state index in [9.17, 15) is 9.59 Å². The Morgan fingerprint density at radius 1 is 1.03 bits per heavy atom. The molecule has 3 aromatic rings. The number of nitrogens with zero attached hydrogens (tertiary/aromatic N) is 1. The zero-order valence-corrected chi connectivity index (χ0v) is 17.6. The third-order valence-electron chi connectivity index (χ3n) is 5.43. The van der Waals surface area contributed by atoms with Crippen molar-refractivity contribution in [3.05, 3.63) is 72.7 Å². The van der Waals surface area contributed by atoms with Crippen molar-refractivity contribution in [1.82, 2.24) is 5.32 Å². The van der Waals surface area contributed by atoms with Crippen LogP contribution in [0.15, 0.2) is 71.3 Å². The van der Waals surface area contributed by atoms with Gasteiger partial charge in [-0.1, -0.05) is 36.4 Å². The molecule has 0 radical (unpaired) electrons. The molecule has 0 saturated carbocycles. The summed E-state index contributed by atoms with van der Waals surface area (Å²) in [5.74, 6) is -0.231. The van der Waals surface area contributed by atoms with E-state index < -0.39 is 0 Å². The van der Waals surface area contributed by atoms with Crippen molar-refractivity contribution in [2.45, 2.75) is 32.2 Å². The molecular weight excluding hydrogens is 390 g/mol. The number of furan rings is 1. The summed E-state index contributed by atoms with van der Waals surface area (Å²) >= 11 is 0. The molecule has 1 fully saturated rings. The lowest BCUT2D eigenvalue weighted by atomic mass is 10.1. The maximum Gasteiger partial charge on any atom is 0.287 e. The van der Waals surface area contributed by atoms with Gasteiger partial charge in [0.2, 0.25) is 5.91 Å². The highest BCUT2D eigenvalue weighted by Crippen LogP contribution is 2.25. The van der Waals surface area contributed by atoms with Crippen LogP contribution in [0, 0.1) is 0 Å². The molecule has 160 valence electrons. The first kappa shape index (κ1) is 20.7. The first-order chi connectivity index (χ1) is 15.1. The summed E-state index contributed by atoms with van der Waals surface area (Å²) in [6.45, 7) is 3.92. The van der Waals surface area contributed by atoms with Gasteiger partial charge in [-0.05, 0) is 49.6 Å². The smallest absolute Gasteiger partial charge is 0.287 e. The van der Waals surface area contributed by atoms with Crippen molar-refractivity contribution >= 4 is 23.2 Å². The maximum absolute atomic E-state index is 12.7. The summed E-state index contributed by atoms with van der Waals surface area (Å²) in [6, 6.07) is 18.9. The van der Waals surface area contributed by atoms with Gasteiger partial charge in [0.15, 0.2) is 5.76 Å². The number of benzene rings is 2. The number of nitrogens with one attached hydrogen (secondary N) is 2. The summed E-state index contributed by atoms with van der Waals surface area (Å²) < 4.78 is 5.43. The Balaban J connectivity index is 1.33. The molecule has 1 aliphatic heterocycles. The molecule has 1 unspecified atom stereocenters. The van der Waals surface area contributed by atoms with Crippen LogP contribution in [0.5, 0.6) is 0 Å².